The van der Waals surface area contributed by atoms with Crippen molar-refractivity contribution >= 4 is 0 Å². The van der Waals surface area contributed by atoms with Crippen molar-refractivity contribution < 1.29 is 0 Å². The average molecular weight is 415 g/mol. The van der Waals surface area contributed by atoms with Crippen LogP contribution in [-0.2, 0) is 0 Å². The van der Waals surface area contributed by atoms with E-state index in [2.05, 4.69) is 146 Å². The molecule has 0 heterocycles. The molecule has 0 radical (unpaired) electrons. The highest BCUT2D eigenvalue weighted by atomic mass is 14.3. The third kappa shape index (κ3) is 7.39. The Kier molecular flexibility index (Phi) is 8.69. The standard InChI is InChI=1S/C17H20.C14H22/c1-17(2,3)16(14-10-6-4-7-11-14)15-12-8-5-9-13-15;1-11(2)13(14(3,4)5)12-9-7-6-8-10-12/h4-13,16H,1-3H3;6-11,13H,1-5H3. The maximum atomic E-state index is 2.32. The van der Waals surface area contributed by atoms with Gasteiger partial charge in [-0.3, -0.25) is 0 Å². The quantitative estimate of drug-likeness (QED) is 0.399. The summed E-state index contributed by atoms with van der Waals surface area (Å²) in [7, 11) is 0. The van der Waals surface area contributed by atoms with E-state index in [1.807, 2.05) is 0 Å². The molecular formula is C31H42. The van der Waals surface area contributed by atoms with E-state index in [0.29, 0.717) is 23.2 Å². The molecular weight excluding hydrogens is 372 g/mol. The molecule has 1 unspecified atom stereocenters. The van der Waals surface area contributed by atoms with Crippen LogP contribution < -0.4 is 0 Å². The first-order valence-electron chi connectivity index (χ1n) is 11.7. The van der Waals surface area contributed by atoms with E-state index in [9.17, 15) is 0 Å². The molecule has 0 aliphatic rings. The molecule has 0 bridgehead atoms. The Bertz CT molecular complexity index is 823. The molecule has 0 aliphatic heterocycles. The lowest BCUT2D eigenvalue weighted by atomic mass is 9.71. The Balaban J connectivity index is 0.000000225. The van der Waals surface area contributed by atoms with Crippen molar-refractivity contribution in [3.05, 3.63) is 108 Å². The number of rotatable bonds is 4. The van der Waals surface area contributed by atoms with Gasteiger partial charge in [-0.1, -0.05) is 146 Å². The van der Waals surface area contributed by atoms with Crippen molar-refractivity contribution in [2.24, 2.45) is 16.7 Å². The van der Waals surface area contributed by atoms with Crippen molar-refractivity contribution in [3.8, 4) is 0 Å². The van der Waals surface area contributed by atoms with Gasteiger partial charge in [0.15, 0.2) is 0 Å². The van der Waals surface area contributed by atoms with Gasteiger partial charge in [-0.25, -0.2) is 0 Å². The minimum Gasteiger partial charge on any atom is -0.0622 e. The SMILES string of the molecule is CC(C)(C)C(c1ccccc1)c1ccccc1.CC(C)C(c1ccccc1)C(C)(C)C. The molecule has 0 saturated heterocycles. The molecule has 0 aromatic heterocycles. The summed E-state index contributed by atoms with van der Waals surface area (Å²) < 4.78 is 0. The van der Waals surface area contributed by atoms with Crippen LogP contribution in [0.3, 0.4) is 0 Å². The molecule has 3 aromatic rings. The lowest BCUT2D eigenvalue weighted by molar-refractivity contribution is 0.258. The summed E-state index contributed by atoms with van der Waals surface area (Å²) >= 11 is 0. The predicted molar refractivity (Wildman–Crippen MR) is 138 cm³/mol. The highest BCUT2D eigenvalue weighted by Gasteiger charge is 2.29. The molecule has 0 amide bonds. The molecule has 0 spiro atoms. The minimum atomic E-state index is 0.225. The van der Waals surface area contributed by atoms with Crippen molar-refractivity contribution in [1.82, 2.24) is 0 Å². The Morgan fingerprint density at radius 3 is 1.03 bits per heavy atom. The van der Waals surface area contributed by atoms with Gasteiger partial charge in [-0.2, -0.15) is 0 Å². The summed E-state index contributed by atoms with van der Waals surface area (Å²) in [5.41, 5.74) is 4.82. The van der Waals surface area contributed by atoms with Crippen LogP contribution in [0.1, 0.15) is 83.9 Å². The van der Waals surface area contributed by atoms with Crippen LogP contribution in [0.25, 0.3) is 0 Å². The summed E-state index contributed by atoms with van der Waals surface area (Å²) in [6, 6.07) is 32.4. The number of hydrogen-bond acceptors (Lipinski definition) is 0. The van der Waals surface area contributed by atoms with Gasteiger partial charge in [-0.15, -0.1) is 0 Å². The normalized spacial score (nSPS) is 13.0. The van der Waals surface area contributed by atoms with Crippen molar-refractivity contribution in [1.29, 1.82) is 0 Å². The Morgan fingerprint density at radius 1 is 0.452 bits per heavy atom. The minimum absolute atomic E-state index is 0.225. The van der Waals surface area contributed by atoms with Crippen LogP contribution in [-0.4, -0.2) is 0 Å². The van der Waals surface area contributed by atoms with Crippen LogP contribution >= 0.6 is 0 Å². The van der Waals surface area contributed by atoms with Gasteiger partial charge in [0.2, 0.25) is 0 Å². The second-order valence-electron chi connectivity index (χ2n) is 11.1. The van der Waals surface area contributed by atoms with Crippen LogP contribution in [0.15, 0.2) is 91.0 Å². The molecule has 0 heteroatoms. The van der Waals surface area contributed by atoms with Crippen LogP contribution in [0.5, 0.6) is 0 Å². The Labute approximate surface area is 191 Å². The predicted octanol–water partition coefficient (Wildman–Crippen LogP) is 9.34. The molecule has 3 aromatic carbocycles. The monoisotopic (exact) mass is 414 g/mol. The second-order valence-corrected chi connectivity index (χ2v) is 11.1. The summed E-state index contributed by atoms with van der Waals surface area (Å²) in [5.74, 6) is 1.78. The molecule has 0 aliphatic carbocycles. The van der Waals surface area contributed by atoms with E-state index in [1.165, 1.54) is 16.7 Å². The van der Waals surface area contributed by atoms with Crippen LogP contribution in [0, 0.1) is 16.7 Å². The molecule has 0 nitrogen and oxygen atoms in total. The Morgan fingerprint density at radius 2 is 0.774 bits per heavy atom. The van der Waals surface area contributed by atoms with Gasteiger partial charge in [-0.05, 0) is 39.4 Å². The van der Waals surface area contributed by atoms with Crippen molar-refractivity contribution in [2.45, 2.75) is 67.2 Å². The van der Waals surface area contributed by atoms with Gasteiger partial charge in [0, 0.05) is 5.92 Å². The maximum absolute atomic E-state index is 2.32. The first kappa shape index (κ1) is 24.9. The topological polar surface area (TPSA) is 0 Å². The molecule has 0 fully saturated rings. The Hall–Kier alpha value is -2.34. The zero-order chi connectivity index (χ0) is 23.1. The molecule has 0 saturated carbocycles. The van der Waals surface area contributed by atoms with Crippen LogP contribution in [0.2, 0.25) is 0 Å². The van der Waals surface area contributed by atoms with Crippen molar-refractivity contribution in [3.63, 3.8) is 0 Å². The third-order valence-corrected chi connectivity index (χ3v) is 5.89. The summed E-state index contributed by atoms with van der Waals surface area (Å²) in [6.07, 6.45) is 0. The number of benzene rings is 3. The van der Waals surface area contributed by atoms with Gasteiger partial charge in [0.05, 0.1) is 0 Å². The van der Waals surface area contributed by atoms with E-state index in [4.69, 9.17) is 0 Å². The molecule has 31 heavy (non-hydrogen) atoms. The summed E-state index contributed by atoms with van der Waals surface area (Å²) in [6.45, 7) is 18.5. The molecule has 166 valence electrons. The van der Waals surface area contributed by atoms with E-state index in [0.717, 1.165) is 0 Å². The fourth-order valence-electron chi connectivity index (χ4n) is 5.03. The largest absolute Gasteiger partial charge is 0.0622 e. The zero-order valence-electron chi connectivity index (χ0n) is 20.9. The van der Waals surface area contributed by atoms with Gasteiger partial charge in [0.1, 0.15) is 0 Å². The zero-order valence-corrected chi connectivity index (χ0v) is 20.9. The smallest absolute Gasteiger partial charge is 0.0138 e. The van der Waals surface area contributed by atoms with E-state index in [-0.39, 0.29) is 5.41 Å². The molecule has 3 rings (SSSR count). The number of hydrogen-bond donors (Lipinski definition) is 0. The molecule has 0 N–H and O–H groups in total. The highest BCUT2D eigenvalue weighted by Crippen LogP contribution is 2.41. The van der Waals surface area contributed by atoms with Crippen molar-refractivity contribution in [2.75, 3.05) is 0 Å². The third-order valence-electron chi connectivity index (χ3n) is 5.89. The van der Waals surface area contributed by atoms with Gasteiger partial charge >= 0.3 is 0 Å². The van der Waals surface area contributed by atoms with Gasteiger partial charge in [0.25, 0.3) is 0 Å². The van der Waals surface area contributed by atoms with E-state index in [1.54, 1.807) is 0 Å². The first-order chi connectivity index (χ1) is 14.5. The van der Waals surface area contributed by atoms with Crippen LogP contribution in [0.4, 0.5) is 0 Å². The lowest BCUT2D eigenvalue weighted by Gasteiger charge is -2.34. The van der Waals surface area contributed by atoms with E-state index >= 15 is 0 Å². The lowest BCUT2D eigenvalue weighted by Crippen LogP contribution is -2.23. The summed E-state index contributed by atoms with van der Waals surface area (Å²) in [5, 5.41) is 0. The highest BCUT2D eigenvalue weighted by molar-refractivity contribution is 5.34. The van der Waals surface area contributed by atoms with Gasteiger partial charge < -0.3 is 0 Å². The fourth-order valence-corrected chi connectivity index (χ4v) is 5.03. The summed E-state index contributed by atoms with van der Waals surface area (Å²) in [4.78, 5) is 0. The first-order valence-corrected chi connectivity index (χ1v) is 11.7. The fraction of sp³-hybridized carbons (Fsp3) is 0.419. The second kappa shape index (κ2) is 10.8. The average Bonchev–Trinajstić information content (AvgIpc) is 2.69. The van der Waals surface area contributed by atoms with E-state index < -0.39 is 0 Å². The maximum Gasteiger partial charge on any atom is 0.0138 e. The molecule has 1 atom stereocenters.